The van der Waals surface area contributed by atoms with Crippen molar-refractivity contribution in [3.05, 3.63) is 64.2 Å². The van der Waals surface area contributed by atoms with Crippen LogP contribution in [-0.4, -0.2) is 61.6 Å². The number of aliphatic hydroxyl groups is 1. The van der Waals surface area contributed by atoms with Gasteiger partial charge in [-0.05, 0) is 75.6 Å². The van der Waals surface area contributed by atoms with Crippen molar-refractivity contribution >= 4 is 29.5 Å². The predicted molar refractivity (Wildman–Crippen MR) is 149 cm³/mol. The van der Waals surface area contributed by atoms with E-state index in [1.165, 1.54) is 17.0 Å². The maximum atomic E-state index is 14.1. The van der Waals surface area contributed by atoms with Crippen LogP contribution in [0.5, 0.6) is 0 Å². The minimum absolute atomic E-state index is 0.200. The molecular weight excluding hydrogens is 543 g/mol. The number of hydrogen-bond donors (Lipinski definition) is 2. The predicted octanol–water partition coefficient (Wildman–Crippen LogP) is 5.40. The number of likely N-dealkylation sites (N-methyl/N-ethyl adjacent to an activating group) is 1. The highest BCUT2D eigenvalue weighted by Gasteiger charge is 2.62. The molecule has 2 aliphatic rings. The third kappa shape index (κ3) is 6.31. The van der Waals surface area contributed by atoms with Gasteiger partial charge in [0.1, 0.15) is 6.29 Å². The Balaban J connectivity index is 1.30. The largest absolute Gasteiger partial charge is 0.430 e. The first kappa shape index (κ1) is 30.3. The van der Waals surface area contributed by atoms with Crippen LogP contribution in [0.3, 0.4) is 0 Å². The highest BCUT2D eigenvalue weighted by atomic mass is 35.5. The maximum absolute atomic E-state index is 14.1. The second kappa shape index (κ2) is 12.5. The summed E-state index contributed by atoms with van der Waals surface area (Å²) in [5, 5.41) is 14.2. The van der Waals surface area contributed by atoms with E-state index in [0.717, 1.165) is 56.0 Å². The third-order valence-electron chi connectivity index (χ3n) is 8.47. The number of amides is 1. The minimum Gasteiger partial charge on any atom is -0.371 e. The Morgan fingerprint density at radius 1 is 1.07 bits per heavy atom. The second-order valence-corrected chi connectivity index (χ2v) is 11.5. The van der Waals surface area contributed by atoms with Crippen molar-refractivity contribution in [1.82, 2.24) is 10.2 Å². The lowest BCUT2D eigenvalue weighted by atomic mass is 9.82. The van der Waals surface area contributed by atoms with Crippen molar-refractivity contribution in [3.63, 3.8) is 0 Å². The Bertz CT molecular complexity index is 1190. The Kier molecular flexibility index (Phi) is 9.47. The van der Waals surface area contributed by atoms with Gasteiger partial charge in [-0.1, -0.05) is 47.5 Å². The van der Waals surface area contributed by atoms with Crippen molar-refractivity contribution in [2.45, 2.75) is 56.8 Å². The number of hydrogen-bond acceptors (Lipinski definition) is 5. The zero-order valence-corrected chi connectivity index (χ0v) is 23.6. The maximum Gasteiger partial charge on any atom is 0.430 e. The molecule has 0 radical (unpaired) electrons. The standard InChI is InChI=1S/C30H37ClF3N3O3/c1-20-4-3-5-23(16-20)29(40,30(32,33)34)28(39)37-14-10-22(11-15-37)17-21-8-12-36(13-9-21)24-6-7-25(26(31)18-24)27(19-38)35-2/h3-7,16,18-19,21-22,27,35,40H,8-15,17H2,1-2H3. The molecule has 218 valence electrons. The van der Waals surface area contributed by atoms with E-state index in [9.17, 15) is 27.9 Å². The zero-order chi connectivity index (χ0) is 29.1. The summed E-state index contributed by atoms with van der Waals surface area (Å²) >= 11 is 6.46. The Hall–Kier alpha value is -2.62. The number of aryl methyl sites for hydroxylation is 1. The number of aldehydes is 1. The van der Waals surface area contributed by atoms with E-state index in [-0.39, 0.29) is 13.1 Å². The number of halogens is 4. The van der Waals surface area contributed by atoms with Crippen molar-refractivity contribution in [3.8, 4) is 0 Å². The minimum atomic E-state index is -5.13. The molecule has 6 nitrogen and oxygen atoms in total. The zero-order valence-electron chi connectivity index (χ0n) is 22.9. The number of nitrogens with zero attached hydrogens (tertiary/aromatic N) is 2. The first-order valence-corrected chi connectivity index (χ1v) is 14.2. The molecule has 0 spiro atoms. The molecule has 0 saturated carbocycles. The van der Waals surface area contributed by atoms with Gasteiger partial charge in [-0.3, -0.25) is 4.79 Å². The Labute approximate surface area is 238 Å². The molecule has 0 aromatic heterocycles. The number of benzene rings is 2. The summed E-state index contributed by atoms with van der Waals surface area (Å²) in [4.78, 5) is 27.8. The lowest BCUT2D eigenvalue weighted by Crippen LogP contribution is -2.57. The molecule has 40 heavy (non-hydrogen) atoms. The Morgan fingerprint density at radius 3 is 2.23 bits per heavy atom. The summed E-state index contributed by atoms with van der Waals surface area (Å²) < 4.78 is 42.2. The molecule has 2 aromatic carbocycles. The SMILES string of the molecule is CNC(C=O)c1ccc(N2CCC(CC3CCN(C(=O)C(O)(c4cccc(C)c4)C(F)(F)F)CC3)CC2)cc1Cl. The summed E-state index contributed by atoms with van der Waals surface area (Å²) in [5.74, 6) is -0.466. The lowest BCUT2D eigenvalue weighted by Gasteiger charge is -2.40. The van der Waals surface area contributed by atoms with E-state index < -0.39 is 29.3 Å². The third-order valence-corrected chi connectivity index (χ3v) is 8.80. The fourth-order valence-corrected chi connectivity index (χ4v) is 6.33. The van der Waals surface area contributed by atoms with Gasteiger partial charge >= 0.3 is 6.18 Å². The molecule has 2 heterocycles. The van der Waals surface area contributed by atoms with Gasteiger partial charge in [0.2, 0.25) is 0 Å². The first-order chi connectivity index (χ1) is 19.0. The van der Waals surface area contributed by atoms with E-state index >= 15 is 0 Å². The van der Waals surface area contributed by atoms with Crippen LogP contribution in [0.4, 0.5) is 18.9 Å². The van der Waals surface area contributed by atoms with Gasteiger partial charge in [0.25, 0.3) is 11.5 Å². The van der Waals surface area contributed by atoms with E-state index in [1.807, 2.05) is 18.2 Å². The van der Waals surface area contributed by atoms with Gasteiger partial charge in [0.15, 0.2) is 0 Å². The molecule has 4 rings (SSSR count). The molecule has 2 fully saturated rings. The molecule has 0 bridgehead atoms. The van der Waals surface area contributed by atoms with E-state index in [1.54, 1.807) is 20.0 Å². The molecule has 2 aromatic rings. The number of anilines is 1. The van der Waals surface area contributed by atoms with Crippen LogP contribution in [-0.2, 0) is 15.2 Å². The van der Waals surface area contributed by atoms with Crippen LogP contribution >= 0.6 is 11.6 Å². The monoisotopic (exact) mass is 579 g/mol. The van der Waals surface area contributed by atoms with Crippen LogP contribution in [0, 0.1) is 18.8 Å². The number of rotatable bonds is 8. The number of likely N-dealkylation sites (tertiary alicyclic amines) is 1. The van der Waals surface area contributed by atoms with Crippen LogP contribution < -0.4 is 10.2 Å². The van der Waals surface area contributed by atoms with Crippen LogP contribution in [0.25, 0.3) is 0 Å². The molecule has 2 N–H and O–H groups in total. The molecule has 2 atom stereocenters. The fourth-order valence-electron chi connectivity index (χ4n) is 6.04. The number of carbonyl (C=O) groups excluding carboxylic acids is 2. The van der Waals surface area contributed by atoms with Crippen LogP contribution in [0.15, 0.2) is 42.5 Å². The second-order valence-electron chi connectivity index (χ2n) is 11.1. The number of nitrogens with one attached hydrogen (secondary N) is 1. The summed E-state index contributed by atoms with van der Waals surface area (Å²) in [7, 11) is 1.71. The van der Waals surface area contributed by atoms with Gasteiger partial charge in [0, 0.05) is 42.5 Å². The normalized spacial score (nSPS) is 19.8. The molecular formula is C30H37ClF3N3O3. The molecule has 1 amide bonds. The lowest BCUT2D eigenvalue weighted by molar-refractivity contribution is -0.262. The van der Waals surface area contributed by atoms with Gasteiger partial charge in [-0.25, -0.2) is 0 Å². The molecule has 2 unspecified atom stereocenters. The van der Waals surface area contributed by atoms with Crippen LogP contribution in [0.2, 0.25) is 5.02 Å². The van der Waals surface area contributed by atoms with Gasteiger partial charge < -0.3 is 25.0 Å². The van der Waals surface area contributed by atoms with Crippen molar-refractivity contribution < 1.29 is 27.9 Å². The topological polar surface area (TPSA) is 72.9 Å². The summed E-state index contributed by atoms with van der Waals surface area (Å²) in [6, 6.07) is 10.7. The smallest absolute Gasteiger partial charge is 0.371 e. The van der Waals surface area contributed by atoms with Crippen molar-refractivity contribution in [1.29, 1.82) is 0 Å². The number of carbonyl (C=O) groups is 2. The fraction of sp³-hybridized carbons (Fsp3) is 0.533. The summed E-state index contributed by atoms with van der Waals surface area (Å²) in [6.45, 7) is 3.77. The summed E-state index contributed by atoms with van der Waals surface area (Å²) in [5.41, 5.74) is -1.69. The molecule has 0 aliphatic carbocycles. The van der Waals surface area contributed by atoms with Crippen molar-refractivity contribution in [2.75, 3.05) is 38.1 Å². The molecule has 2 aliphatic heterocycles. The van der Waals surface area contributed by atoms with Crippen LogP contribution in [0.1, 0.15) is 54.8 Å². The summed E-state index contributed by atoms with van der Waals surface area (Å²) in [6.07, 6.45) is -0.105. The van der Waals surface area contributed by atoms with E-state index in [2.05, 4.69) is 10.2 Å². The quantitative estimate of drug-likeness (QED) is 0.410. The average molecular weight is 580 g/mol. The van der Waals surface area contributed by atoms with Gasteiger partial charge in [-0.2, -0.15) is 13.2 Å². The highest BCUT2D eigenvalue weighted by molar-refractivity contribution is 6.31. The van der Waals surface area contributed by atoms with Gasteiger partial charge in [0.05, 0.1) is 6.04 Å². The average Bonchev–Trinajstić information content (AvgIpc) is 2.94. The Morgan fingerprint density at radius 2 is 1.70 bits per heavy atom. The molecule has 10 heteroatoms. The van der Waals surface area contributed by atoms with E-state index in [4.69, 9.17) is 11.6 Å². The first-order valence-electron chi connectivity index (χ1n) is 13.8. The number of alkyl halides is 3. The van der Waals surface area contributed by atoms with E-state index in [0.29, 0.717) is 35.3 Å². The number of piperidine rings is 2. The highest BCUT2D eigenvalue weighted by Crippen LogP contribution is 2.42. The van der Waals surface area contributed by atoms with Crippen molar-refractivity contribution in [2.24, 2.45) is 11.8 Å². The van der Waals surface area contributed by atoms with Gasteiger partial charge in [-0.15, -0.1) is 0 Å². The molecule has 2 saturated heterocycles.